The molecule has 1 aromatic carbocycles. The van der Waals surface area contributed by atoms with E-state index in [9.17, 15) is 9.59 Å². The molecular formula is C21H22N4O3. The highest BCUT2D eigenvalue weighted by Gasteiger charge is 2.34. The van der Waals surface area contributed by atoms with Crippen molar-refractivity contribution in [1.82, 2.24) is 20.0 Å². The van der Waals surface area contributed by atoms with Gasteiger partial charge in [-0.15, -0.1) is 0 Å². The molecule has 4 rings (SSSR count). The normalized spacial score (nSPS) is 16.5. The minimum atomic E-state index is -0.333. The third kappa shape index (κ3) is 4.14. The van der Waals surface area contributed by atoms with E-state index in [1.165, 1.54) is 0 Å². The number of hydrogen-bond acceptors (Lipinski definition) is 4. The first-order chi connectivity index (χ1) is 13.7. The Morgan fingerprint density at radius 2 is 2.00 bits per heavy atom. The Kier molecular flexibility index (Phi) is 5.23. The number of carbonyl (C=O) groups is 2. The Hall–Kier alpha value is -3.35. The van der Waals surface area contributed by atoms with Crippen LogP contribution in [-0.2, 0) is 29.2 Å². The molecule has 0 saturated carbocycles. The smallest absolute Gasteiger partial charge is 0.225 e. The van der Waals surface area contributed by atoms with Crippen molar-refractivity contribution in [3.05, 3.63) is 78.0 Å². The minimum absolute atomic E-state index is 0.0179. The number of aromatic nitrogens is 2. The summed E-state index contributed by atoms with van der Waals surface area (Å²) >= 11 is 0. The lowest BCUT2D eigenvalue weighted by Crippen LogP contribution is -2.32. The summed E-state index contributed by atoms with van der Waals surface area (Å²) in [6, 6.07) is 13.5. The van der Waals surface area contributed by atoms with Gasteiger partial charge < -0.3 is 14.6 Å². The molecule has 144 valence electrons. The Morgan fingerprint density at radius 3 is 2.75 bits per heavy atom. The molecule has 1 unspecified atom stereocenters. The van der Waals surface area contributed by atoms with Crippen molar-refractivity contribution in [2.45, 2.75) is 26.1 Å². The van der Waals surface area contributed by atoms with Gasteiger partial charge in [-0.2, -0.15) is 5.10 Å². The molecule has 3 aromatic rings. The van der Waals surface area contributed by atoms with Crippen LogP contribution in [-0.4, -0.2) is 33.0 Å². The van der Waals surface area contributed by atoms with Crippen LogP contribution in [0.1, 0.15) is 23.3 Å². The summed E-state index contributed by atoms with van der Waals surface area (Å²) in [6.45, 7) is 1.90. The van der Waals surface area contributed by atoms with Gasteiger partial charge in [-0.1, -0.05) is 24.3 Å². The summed E-state index contributed by atoms with van der Waals surface area (Å²) < 4.78 is 7.15. The molecule has 1 aliphatic rings. The van der Waals surface area contributed by atoms with Crippen LogP contribution in [0.2, 0.25) is 0 Å². The van der Waals surface area contributed by atoms with Gasteiger partial charge in [0.2, 0.25) is 11.8 Å². The maximum absolute atomic E-state index is 12.6. The molecule has 1 saturated heterocycles. The molecule has 28 heavy (non-hydrogen) atoms. The van der Waals surface area contributed by atoms with Crippen molar-refractivity contribution in [3.63, 3.8) is 0 Å². The average molecular weight is 378 g/mol. The van der Waals surface area contributed by atoms with Crippen molar-refractivity contribution >= 4 is 11.8 Å². The second-order valence-corrected chi connectivity index (χ2v) is 6.94. The van der Waals surface area contributed by atoms with E-state index in [0.29, 0.717) is 26.2 Å². The van der Waals surface area contributed by atoms with Crippen molar-refractivity contribution in [3.8, 4) is 0 Å². The molecule has 1 fully saturated rings. The van der Waals surface area contributed by atoms with E-state index in [2.05, 4.69) is 10.4 Å². The topological polar surface area (TPSA) is 80.4 Å². The van der Waals surface area contributed by atoms with Crippen LogP contribution in [0, 0.1) is 5.92 Å². The van der Waals surface area contributed by atoms with Crippen LogP contribution in [0.4, 0.5) is 0 Å². The van der Waals surface area contributed by atoms with E-state index < -0.39 is 0 Å². The van der Waals surface area contributed by atoms with Gasteiger partial charge in [-0.25, -0.2) is 0 Å². The zero-order valence-electron chi connectivity index (χ0n) is 15.5. The van der Waals surface area contributed by atoms with Crippen molar-refractivity contribution in [2.75, 3.05) is 6.54 Å². The molecule has 7 heteroatoms. The fourth-order valence-corrected chi connectivity index (χ4v) is 3.47. The molecular weight excluding hydrogens is 356 g/mol. The standard InChI is InChI=1S/C21H22N4O3/c26-20-11-18(13-24(20)15-19-7-3-10-28-19)21(27)22-12-16-5-1-2-6-17(16)14-25-9-4-8-23-25/h1-10,18H,11-15H2,(H,22,27). The van der Waals surface area contributed by atoms with Crippen LogP contribution in [0.25, 0.3) is 0 Å². The number of carbonyl (C=O) groups excluding carboxylic acids is 2. The lowest BCUT2D eigenvalue weighted by Gasteiger charge is -2.15. The highest BCUT2D eigenvalue weighted by atomic mass is 16.3. The first kappa shape index (κ1) is 18.0. The fourth-order valence-electron chi connectivity index (χ4n) is 3.47. The molecule has 0 bridgehead atoms. The van der Waals surface area contributed by atoms with Gasteiger partial charge in [0.25, 0.3) is 0 Å². The van der Waals surface area contributed by atoms with Gasteiger partial charge in [-0.05, 0) is 29.3 Å². The quantitative estimate of drug-likeness (QED) is 0.683. The zero-order chi connectivity index (χ0) is 19.3. The van der Waals surface area contributed by atoms with Gasteiger partial charge in [0.1, 0.15) is 5.76 Å². The minimum Gasteiger partial charge on any atom is -0.467 e. The van der Waals surface area contributed by atoms with E-state index in [1.807, 2.05) is 47.3 Å². The number of likely N-dealkylation sites (tertiary alicyclic amines) is 1. The monoisotopic (exact) mass is 378 g/mol. The second-order valence-electron chi connectivity index (χ2n) is 6.94. The summed E-state index contributed by atoms with van der Waals surface area (Å²) in [5.74, 6) is 0.280. The van der Waals surface area contributed by atoms with Gasteiger partial charge in [0.05, 0.1) is 25.3 Å². The lowest BCUT2D eigenvalue weighted by molar-refractivity contribution is -0.129. The van der Waals surface area contributed by atoms with Crippen LogP contribution in [0.5, 0.6) is 0 Å². The summed E-state index contributed by atoms with van der Waals surface area (Å²) in [6.07, 6.45) is 5.48. The first-order valence-electron chi connectivity index (χ1n) is 9.31. The van der Waals surface area contributed by atoms with Crippen LogP contribution in [0.15, 0.2) is 65.5 Å². The molecule has 1 aliphatic heterocycles. The Morgan fingerprint density at radius 1 is 1.14 bits per heavy atom. The number of amides is 2. The lowest BCUT2D eigenvalue weighted by atomic mass is 10.1. The third-order valence-electron chi connectivity index (χ3n) is 4.98. The fraction of sp³-hybridized carbons (Fsp3) is 0.286. The number of furan rings is 1. The van der Waals surface area contributed by atoms with Gasteiger partial charge in [-0.3, -0.25) is 14.3 Å². The van der Waals surface area contributed by atoms with E-state index in [0.717, 1.165) is 16.9 Å². The van der Waals surface area contributed by atoms with Crippen molar-refractivity contribution in [2.24, 2.45) is 5.92 Å². The molecule has 2 amide bonds. The van der Waals surface area contributed by atoms with Crippen molar-refractivity contribution in [1.29, 1.82) is 0 Å². The van der Waals surface area contributed by atoms with Crippen LogP contribution >= 0.6 is 0 Å². The predicted molar refractivity (Wildman–Crippen MR) is 102 cm³/mol. The Labute approximate surface area is 162 Å². The molecule has 0 aliphatic carbocycles. The third-order valence-corrected chi connectivity index (χ3v) is 4.98. The average Bonchev–Trinajstić information content (AvgIpc) is 3.45. The highest BCUT2D eigenvalue weighted by Crippen LogP contribution is 2.21. The number of rotatable bonds is 7. The van der Waals surface area contributed by atoms with Gasteiger partial charge in [0.15, 0.2) is 0 Å². The molecule has 3 heterocycles. The van der Waals surface area contributed by atoms with E-state index in [4.69, 9.17) is 4.42 Å². The maximum Gasteiger partial charge on any atom is 0.225 e. The number of nitrogens with one attached hydrogen (secondary N) is 1. The van der Waals surface area contributed by atoms with E-state index in [1.54, 1.807) is 23.4 Å². The highest BCUT2D eigenvalue weighted by molar-refractivity contribution is 5.89. The number of benzene rings is 1. The maximum atomic E-state index is 12.6. The van der Waals surface area contributed by atoms with E-state index in [-0.39, 0.29) is 24.2 Å². The SMILES string of the molecule is O=C(NCc1ccccc1Cn1cccn1)C1CC(=O)N(Cc2ccco2)C1. The largest absolute Gasteiger partial charge is 0.467 e. The summed E-state index contributed by atoms with van der Waals surface area (Å²) in [5, 5.41) is 7.23. The predicted octanol–water partition coefficient (Wildman–Crippen LogP) is 2.19. The first-order valence-corrected chi connectivity index (χ1v) is 9.31. The van der Waals surface area contributed by atoms with Crippen molar-refractivity contribution < 1.29 is 14.0 Å². The molecule has 0 radical (unpaired) electrons. The van der Waals surface area contributed by atoms with Gasteiger partial charge >= 0.3 is 0 Å². The summed E-state index contributed by atoms with van der Waals surface area (Å²) in [7, 11) is 0. The molecule has 0 spiro atoms. The van der Waals surface area contributed by atoms with Crippen LogP contribution in [0.3, 0.4) is 0 Å². The zero-order valence-corrected chi connectivity index (χ0v) is 15.5. The second kappa shape index (κ2) is 8.12. The molecule has 1 N–H and O–H groups in total. The molecule has 1 atom stereocenters. The number of nitrogens with zero attached hydrogens (tertiary/aromatic N) is 3. The number of hydrogen-bond donors (Lipinski definition) is 1. The van der Waals surface area contributed by atoms with Crippen LogP contribution < -0.4 is 5.32 Å². The molecule has 7 nitrogen and oxygen atoms in total. The summed E-state index contributed by atoms with van der Waals surface area (Å²) in [4.78, 5) is 26.5. The Balaban J connectivity index is 1.34. The summed E-state index contributed by atoms with van der Waals surface area (Å²) in [5.41, 5.74) is 2.15. The van der Waals surface area contributed by atoms with E-state index >= 15 is 0 Å². The molecule has 2 aromatic heterocycles. The Bertz CT molecular complexity index is 934. The van der Waals surface area contributed by atoms with Gasteiger partial charge in [0, 0.05) is 31.9 Å².